The van der Waals surface area contributed by atoms with Crippen LogP contribution in [0.15, 0.2) is 22.7 Å². The molecular formula is C13H14BrF3N2O. The van der Waals surface area contributed by atoms with Gasteiger partial charge in [0.05, 0.1) is 11.5 Å². The molecule has 0 spiro atoms. The molecule has 110 valence electrons. The highest BCUT2D eigenvalue weighted by Gasteiger charge is 2.42. The Morgan fingerprint density at radius 1 is 1.40 bits per heavy atom. The Morgan fingerprint density at radius 3 is 2.70 bits per heavy atom. The van der Waals surface area contributed by atoms with E-state index >= 15 is 0 Å². The third-order valence-electron chi connectivity index (χ3n) is 3.40. The summed E-state index contributed by atoms with van der Waals surface area (Å²) in [7, 11) is 0. The molecule has 2 rings (SSSR count). The second-order valence-electron chi connectivity index (χ2n) is 4.87. The highest BCUT2D eigenvalue weighted by molar-refractivity contribution is 9.10. The van der Waals surface area contributed by atoms with Gasteiger partial charge in [-0.05, 0) is 47.0 Å². The third-order valence-corrected chi connectivity index (χ3v) is 4.05. The number of hydrogen-bond acceptors (Lipinski definition) is 2. The van der Waals surface area contributed by atoms with Crippen molar-refractivity contribution in [2.45, 2.75) is 19.0 Å². The molecule has 1 aliphatic rings. The Bertz CT molecular complexity index is 519. The number of hydrogen-bond donors (Lipinski definition) is 1. The number of rotatable bonds is 1. The van der Waals surface area contributed by atoms with Gasteiger partial charge in [-0.25, -0.2) is 0 Å². The van der Waals surface area contributed by atoms with Crippen LogP contribution in [0.3, 0.4) is 0 Å². The summed E-state index contributed by atoms with van der Waals surface area (Å²) in [4.78, 5) is 13.6. The first-order chi connectivity index (χ1) is 9.29. The second kappa shape index (κ2) is 5.63. The average molecular weight is 351 g/mol. The molecule has 1 atom stereocenters. The summed E-state index contributed by atoms with van der Waals surface area (Å²) in [5, 5.41) is 0. The van der Waals surface area contributed by atoms with Crippen molar-refractivity contribution < 1.29 is 18.0 Å². The number of anilines is 1. The topological polar surface area (TPSA) is 46.3 Å². The first kappa shape index (κ1) is 15.2. The van der Waals surface area contributed by atoms with Crippen LogP contribution in [-0.2, 0) is 0 Å². The lowest BCUT2D eigenvalue weighted by Crippen LogP contribution is -2.44. The van der Waals surface area contributed by atoms with Crippen molar-refractivity contribution in [3.8, 4) is 0 Å². The fraction of sp³-hybridized carbons (Fsp3) is 0.462. The lowest BCUT2D eigenvalue weighted by Gasteiger charge is -2.34. The minimum absolute atomic E-state index is 0.0796. The number of nitrogens with zero attached hydrogens (tertiary/aromatic N) is 1. The van der Waals surface area contributed by atoms with E-state index in [1.807, 2.05) is 0 Å². The minimum atomic E-state index is -4.25. The van der Waals surface area contributed by atoms with Crippen LogP contribution in [-0.4, -0.2) is 30.1 Å². The van der Waals surface area contributed by atoms with E-state index in [1.54, 1.807) is 12.1 Å². The van der Waals surface area contributed by atoms with Gasteiger partial charge in [-0.2, -0.15) is 13.2 Å². The first-order valence-electron chi connectivity index (χ1n) is 6.20. The number of benzene rings is 1. The molecule has 20 heavy (non-hydrogen) atoms. The fourth-order valence-corrected chi connectivity index (χ4v) is 2.87. The zero-order valence-electron chi connectivity index (χ0n) is 10.6. The standard InChI is InChI=1S/C13H14BrF3N2O/c14-11-6-9(18)3-4-10(11)12(20)19-5-1-2-8(7-19)13(15,16)17/h3-4,6,8H,1-2,5,7,18H2. The molecule has 3 nitrogen and oxygen atoms in total. The van der Waals surface area contributed by atoms with Crippen LogP contribution in [0.2, 0.25) is 0 Å². The van der Waals surface area contributed by atoms with Crippen LogP contribution < -0.4 is 5.73 Å². The zero-order chi connectivity index (χ0) is 14.9. The number of halogens is 4. The molecule has 2 N–H and O–H groups in total. The molecule has 1 aliphatic heterocycles. The number of carbonyl (C=O) groups excluding carboxylic acids is 1. The van der Waals surface area contributed by atoms with Crippen molar-refractivity contribution in [2.24, 2.45) is 5.92 Å². The number of alkyl halides is 3. The quantitative estimate of drug-likeness (QED) is 0.788. The zero-order valence-corrected chi connectivity index (χ0v) is 12.2. The van der Waals surface area contributed by atoms with Crippen LogP contribution >= 0.6 is 15.9 Å². The predicted molar refractivity (Wildman–Crippen MR) is 73.2 cm³/mol. The van der Waals surface area contributed by atoms with Crippen molar-refractivity contribution in [3.63, 3.8) is 0 Å². The van der Waals surface area contributed by atoms with E-state index in [1.165, 1.54) is 11.0 Å². The molecule has 1 amide bonds. The molecule has 0 radical (unpaired) electrons. The molecule has 1 unspecified atom stereocenters. The number of nitrogen functional groups attached to an aromatic ring is 1. The largest absolute Gasteiger partial charge is 0.399 e. The molecule has 1 aromatic rings. The van der Waals surface area contributed by atoms with Gasteiger partial charge in [0.25, 0.3) is 5.91 Å². The maximum Gasteiger partial charge on any atom is 0.393 e. The van der Waals surface area contributed by atoms with Crippen molar-refractivity contribution in [1.82, 2.24) is 4.90 Å². The molecule has 7 heteroatoms. The predicted octanol–water partition coefficient (Wildman–Crippen LogP) is 3.45. The summed E-state index contributed by atoms with van der Waals surface area (Å²) >= 11 is 3.22. The van der Waals surface area contributed by atoms with E-state index in [9.17, 15) is 18.0 Å². The molecule has 1 saturated heterocycles. The van der Waals surface area contributed by atoms with Gasteiger partial charge in [0, 0.05) is 23.2 Å². The molecular weight excluding hydrogens is 337 g/mol. The van der Waals surface area contributed by atoms with Crippen molar-refractivity contribution in [1.29, 1.82) is 0 Å². The molecule has 1 heterocycles. The molecule has 0 aromatic heterocycles. The van der Waals surface area contributed by atoms with E-state index in [-0.39, 0.29) is 13.0 Å². The van der Waals surface area contributed by atoms with Crippen molar-refractivity contribution >= 4 is 27.5 Å². The van der Waals surface area contributed by atoms with Gasteiger partial charge in [0.1, 0.15) is 0 Å². The monoisotopic (exact) mass is 350 g/mol. The van der Waals surface area contributed by atoms with E-state index in [0.29, 0.717) is 28.7 Å². The number of nitrogens with two attached hydrogens (primary N) is 1. The van der Waals surface area contributed by atoms with Gasteiger partial charge in [0.2, 0.25) is 0 Å². The molecule has 0 bridgehead atoms. The Balaban J connectivity index is 2.16. The van der Waals surface area contributed by atoms with Crippen molar-refractivity contribution in [3.05, 3.63) is 28.2 Å². The molecule has 1 fully saturated rings. The van der Waals surface area contributed by atoms with Crippen LogP contribution in [0.5, 0.6) is 0 Å². The maximum atomic E-state index is 12.7. The molecule has 0 saturated carbocycles. The van der Waals surface area contributed by atoms with E-state index in [2.05, 4.69) is 15.9 Å². The van der Waals surface area contributed by atoms with Crippen LogP contribution in [0.25, 0.3) is 0 Å². The molecule has 0 aliphatic carbocycles. The summed E-state index contributed by atoms with van der Waals surface area (Å²) in [6.07, 6.45) is -3.81. The maximum absolute atomic E-state index is 12.7. The Hall–Kier alpha value is -1.24. The normalized spacial score (nSPS) is 20.0. The van der Waals surface area contributed by atoms with Crippen LogP contribution in [0, 0.1) is 5.92 Å². The summed E-state index contributed by atoms with van der Waals surface area (Å²) in [6.45, 7) is 0.0708. The summed E-state index contributed by atoms with van der Waals surface area (Å²) in [5.41, 5.74) is 6.40. The van der Waals surface area contributed by atoms with Gasteiger partial charge >= 0.3 is 6.18 Å². The number of carbonyl (C=O) groups is 1. The van der Waals surface area contributed by atoms with E-state index in [4.69, 9.17) is 5.73 Å². The highest BCUT2D eigenvalue weighted by Crippen LogP contribution is 2.34. The Kier molecular flexibility index (Phi) is 4.27. The smallest absolute Gasteiger partial charge is 0.393 e. The first-order valence-corrected chi connectivity index (χ1v) is 6.99. The minimum Gasteiger partial charge on any atom is -0.399 e. The third kappa shape index (κ3) is 3.26. The summed E-state index contributed by atoms with van der Waals surface area (Å²) in [6, 6.07) is 4.65. The summed E-state index contributed by atoms with van der Waals surface area (Å²) in [5.74, 6) is -1.83. The van der Waals surface area contributed by atoms with E-state index < -0.39 is 18.0 Å². The summed E-state index contributed by atoms with van der Waals surface area (Å²) < 4.78 is 38.7. The lowest BCUT2D eigenvalue weighted by atomic mass is 9.97. The van der Waals surface area contributed by atoms with Crippen LogP contribution in [0.4, 0.5) is 18.9 Å². The fourth-order valence-electron chi connectivity index (χ4n) is 2.30. The Morgan fingerprint density at radius 2 is 2.10 bits per heavy atom. The highest BCUT2D eigenvalue weighted by atomic mass is 79.9. The van der Waals surface area contributed by atoms with Gasteiger partial charge in [0.15, 0.2) is 0 Å². The Labute approximate surface area is 123 Å². The molecule has 1 aromatic carbocycles. The lowest BCUT2D eigenvalue weighted by molar-refractivity contribution is -0.184. The van der Waals surface area contributed by atoms with Crippen LogP contribution in [0.1, 0.15) is 23.2 Å². The van der Waals surface area contributed by atoms with Gasteiger partial charge < -0.3 is 10.6 Å². The number of likely N-dealkylation sites (tertiary alicyclic amines) is 1. The van der Waals surface area contributed by atoms with Gasteiger partial charge in [-0.15, -0.1) is 0 Å². The number of piperidine rings is 1. The second-order valence-corrected chi connectivity index (χ2v) is 5.73. The van der Waals surface area contributed by atoms with Gasteiger partial charge in [-0.1, -0.05) is 0 Å². The number of amides is 1. The van der Waals surface area contributed by atoms with Crippen molar-refractivity contribution in [2.75, 3.05) is 18.8 Å². The van der Waals surface area contributed by atoms with Gasteiger partial charge in [-0.3, -0.25) is 4.79 Å². The SMILES string of the molecule is Nc1ccc(C(=O)N2CCCC(C(F)(F)F)C2)c(Br)c1. The average Bonchev–Trinajstić information content (AvgIpc) is 2.37. The van der Waals surface area contributed by atoms with E-state index in [0.717, 1.165) is 0 Å².